The molecule has 2 rings (SSSR count). The van der Waals surface area contributed by atoms with Crippen molar-refractivity contribution in [2.24, 2.45) is 5.92 Å². The van der Waals surface area contributed by atoms with Crippen LogP contribution in [0.25, 0.3) is 0 Å². The molecule has 0 spiro atoms. The van der Waals surface area contributed by atoms with Crippen LogP contribution in [0, 0.1) is 28.6 Å². The van der Waals surface area contributed by atoms with E-state index in [4.69, 9.17) is 0 Å². The van der Waals surface area contributed by atoms with E-state index in [-0.39, 0.29) is 18.6 Å². The Bertz CT molecular complexity index is 640. The van der Waals surface area contributed by atoms with Gasteiger partial charge in [-0.2, -0.15) is 10.5 Å². The van der Waals surface area contributed by atoms with E-state index in [0.717, 1.165) is 0 Å². The van der Waals surface area contributed by atoms with E-state index in [9.17, 15) is 20.1 Å². The molecule has 0 aromatic heterocycles. The number of rotatable bonds is 4. The van der Waals surface area contributed by atoms with Crippen molar-refractivity contribution >= 4 is 17.4 Å². The molecule has 1 N–H and O–H groups in total. The van der Waals surface area contributed by atoms with Crippen LogP contribution >= 0.6 is 0 Å². The van der Waals surface area contributed by atoms with Gasteiger partial charge in [0.15, 0.2) is 5.92 Å². The van der Waals surface area contributed by atoms with Crippen molar-refractivity contribution in [2.75, 3.05) is 5.32 Å². The number of nitrogens with zero attached hydrogens (tertiary/aromatic N) is 2. The van der Waals surface area contributed by atoms with Gasteiger partial charge in [-0.25, -0.2) is 0 Å². The van der Waals surface area contributed by atoms with Gasteiger partial charge in [-0.1, -0.05) is 25.1 Å². The van der Waals surface area contributed by atoms with Crippen LogP contribution in [0.2, 0.25) is 0 Å². The van der Waals surface area contributed by atoms with Crippen molar-refractivity contribution in [1.82, 2.24) is 0 Å². The fourth-order valence-electron chi connectivity index (χ4n) is 2.59. The molecule has 1 aromatic carbocycles. The van der Waals surface area contributed by atoms with Crippen LogP contribution < -0.4 is 5.32 Å². The summed E-state index contributed by atoms with van der Waals surface area (Å²) in [6.45, 7) is 1.70. The number of anilines is 1. The van der Waals surface area contributed by atoms with Gasteiger partial charge in [0.25, 0.3) is 0 Å². The molecule has 0 radical (unpaired) electrons. The lowest BCUT2D eigenvalue weighted by molar-refractivity contribution is -0.127. The van der Waals surface area contributed by atoms with E-state index in [1.54, 1.807) is 31.2 Å². The number of Topliss-reactive ketones (excluding diaryl/α,β-unsaturated/α-hetero) is 1. The Hall–Kier alpha value is -2.66. The molecule has 1 aliphatic rings. The van der Waals surface area contributed by atoms with Crippen LogP contribution in [0.4, 0.5) is 5.69 Å². The van der Waals surface area contributed by atoms with Crippen molar-refractivity contribution in [3.8, 4) is 12.1 Å². The Morgan fingerprint density at radius 1 is 1.35 bits per heavy atom. The van der Waals surface area contributed by atoms with E-state index in [0.29, 0.717) is 11.3 Å². The van der Waals surface area contributed by atoms with E-state index < -0.39 is 17.2 Å². The number of hydrogen-bond donors (Lipinski definition) is 1. The molecule has 20 heavy (non-hydrogen) atoms. The molecule has 1 heterocycles. The fourth-order valence-corrected chi connectivity index (χ4v) is 2.59. The molecule has 5 heteroatoms. The maximum atomic E-state index is 12.4. The highest BCUT2D eigenvalue weighted by Crippen LogP contribution is 2.45. The van der Waals surface area contributed by atoms with Crippen molar-refractivity contribution in [1.29, 1.82) is 10.5 Å². The Morgan fingerprint density at radius 2 is 2.00 bits per heavy atom. The summed E-state index contributed by atoms with van der Waals surface area (Å²) in [5.74, 6) is -1.79. The lowest BCUT2D eigenvalue weighted by atomic mass is 9.68. The molecular formula is C15H13N3O2. The molecule has 1 amide bonds. The first-order valence-corrected chi connectivity index (χ1v) is 6.32. The molecule has 100 valence electrons. The number of carbonyl (C=O) groups excluding carboxylic acids is 2. The van der Waals surface area contributed by atoms with Gasteiger partial charge in [0.1, 0.15) is 11.2 Å². The predicted molar refractivity (Wildman–Crippen MR) is 71.4 cm³/mol. The zero-order valence-electron chi connectivity index (χ0n) is 11.0. The summed E-state index contributed by atoms with van der Waals surface area (Å²) in [5, 5.41) is 21.1. The van der Waals surface area contributed by atoms with Crippen LogP contribution in [0.3, 0.4) is 0 Å². The minimum absolute atomic E-state index is 0.127. The summed E-state index contributed by atoms with van der Waals surface area (Å²) in [6, 6.07) is 10.6. The summed E-state index contributed by atoms with van der Waals surface area (Å²) in [7, 11) is 0. The van der Waals surface area contributed by atoms with E-state index >= 15 is 0 Å². The molecule has 1 atom stereocenters. The van der Waals surface area contributed by atoms with Crippen molar-refractivity contribution < 1.29 is 9.59 Å². The highest BCUT2D eigenvalue weighted by Gasteiger charge is 2.54. The molecule has 1 aliphatic heterocycles. The van der Waals surface area contributed by atoms with Crippen LogP contribution in [0.15, 0.2) is 24.3 Å². The standard InChI is InChI=1S/C15H13N3O2/c1-2-11(19)7-15(10(8-16)9-17)12-5-3-4-6-13(12)18-14(15)20/h3-6,10H,2,7H2,1H3,(H,18,20). The second-order valence-corrected chi connectivity index (χ2v) is 4.73. The van der Waals surface area contributed by atoms with Gasteiger partial charge in [-0.15, -0.1) is 0 Å². The average molecular weight is 267 g/mol. The minimum Gasteiger partial charge on any atom is -0.325 e. The quantitative estimate of drug-likeness (QED) is 0.901. The molecule has 0 bridgehead atoms. The van der Waals surface area contributed by atoms with Gasteiger partial charge in [-0.05, 0) is 11.6 Å². The number of nitriles is 2. The zero-order chi connectivity index (χ0) is 14.8. The number of nitrogens with one attached hydrogen (secondary N) is 1. The summed E-state index contributed by atoms with van der Waals surface area (Å²) < 4.78 is 0. The van der Waals surface area contributed by atoms with E-state index in [2.05, 4.69) is 5.32 Å². The summed E-state index contributed by atoms with van der Waals surface area (Å²) in [6.07, 6.45) is 0.138. The smallest absolute Gasteiger partial charge is 0.238 e. The second kappa shape index (κ2) is 5.14. The molecule has 1 unspecified atom stereocenters. The third kappa shape index (κ3) is 1.85. The molecule has 0 fully saturated rings. The van der Waals surface area contributed by atoms with Crippen LogP contribution in [-0.4, -0.2) is 11.7 Å². The van der Waals surface area contributed by atoms with Gasteiger partial charge < -0.3 is 5.32 Å². The van der Waals surface area contributed by atoms with Gasteiger partial charge in [0, 0.05) is 18.5 Å². The molecule has 0 saturated carbocycles. The number of carbonyl (C=O) groups is 2. The highest BCUT2D eigenvalue weighted by atomic mass is 16.2. The van der Waals surface area contributed by atoms with Crippen LogP contribution in [0.1, 0.15) is 25.3 Å². The molecule has 0 saturated heterocycles. The number of benzene rings is 1. The lowest BCUT2D eigenvalue weighted by Gasteiger charge is -2.27. The van der Waals surface area contributed by atoms with Crippen LogP contribution in [-0.2, 0) is 15.0 Å². The Labute approximate surface area is 116 Å². The number of ketones is 1. The van der Waals surface area contributed by atoms with Gasteiger partial charge >= 0.3 is 0 Å². The Morgan fingerprint density at radius 3 is 2.60 bits per heavy atom. The summed E-state index contributed by atoms with van der Waals surface area (Å²) in [5.41, 5.74) is -0.274. The SMILES string of the molecule is CCC(=O)CC1(C(C#N)C#N)C(=O)Nc2ccccc21. The maximum absolute atomic E-state index is 12.4. The average Bonchev–Trinajstić information content (AvgIpc) is 2.74. The Balaban J connectivity index is 2.65. The largest absolute Gasteiger partial charge is 0.325 e. The third-order valence-electron chi connectivity index (χ3n) is 3.68. The highest BCUT2D eigenvalue weighted by molar-refractivity contribution is 6.09. The monoisotopic (exact) mass is 267 g/mol. The normalized spacial score (nSPS) is 19.9. The lowest BCUT2D eigenvalue weighted by Crippen LogP contribution is -2.42. The molecular weight excluding hydrogens is 254 g/mol. The Kier molecular flexibility index (Phi) is 3.54. The fraction of sp³-hybridized carbons (Fsp3) is 0.333. The number of para-hydroxylation sites is 1. The first-order valence-electron chi connectivity index (χ1n) is 6.32. The van der Waals surface area contributed by atoms with Crippen LogP contribution in [0.5, 0.6) is 0 Å². The van der Waals surface area contributed by atoms with Gasteiger partial charge in [0.05, 0.1) is 12.1 Å². The second-order valence-electron chi connectivity index (χ2n) is 4.73. The van der Waals surface area contributed by atoms with Crippen molar-refractivity contribution in [2.45, 2.75) is 25.2 Å². The topological polar surface area (TPSA) is 93.8 Å². The minimum atomic E-state index is -1.40. The van der Waals surface area contributed by atoms with Crippen molar-refractivity contribution in [3.05, 3.63) is 29.8 Å². The molecule has 1 aromatic rings. The summed E-state index contributed by atoms with van der Waals surface area (Å²) in [4.78, 5) is 24.3. The van der Waals surface area contributed by atoms with E-state index in [1.807, 2.05) is 12.1 Å². The summed E-state index contributed by atoms with van der Waals surface area (Å²) >= 11 is 0. The van der Waals surface area contributed by atoms with Gasteiger partial charge in [-0.3, -0.25) is 9.59 Å². The first kappa shape index (κ1) is 13.8. The third-order valence-corrected chi connectivity index (χ3v) is 3.68. The van der Waals surface area contributed by atoms with Gasteiger partial charge in [0.2, 0.25) is 5.91 Å². The molecule has 0 aliphatic carbocycles. The number of hydrogen-bond acceptors (Lipinski definition) is 4. The molecule has 5 nitrogen and oxygen atoms in total. The number of fused-ring (bicyclic) bond motifs is 1. The van der Waals surface area contributed by atoms with Crippen molar-refractivity contribution in [3.63, 3.8) is 0 Å². The number of amides is 1. The first-order chi connectivity index (χ1) is 9.59. The van der Waals surface area contributed by atoms with E-state index in [1.165, 1.54) is 0 Å². The zero-order valence-corrected chi connectivity index (χ0v) is 11.0. The predicted octanol–water partition coefficient (Wildman–Crippen LogP) is 1.91. The maximum Gasteiger partial charge on any atom is 0.238 e.